The lowest BCUT2D eigenvalue weighted by Gasteiger charge is -2.24. The molecule has 0 saturated heterocycles. The van der Waals surface area contributed by atoms with E-state index in [9.17, 15) is 18.9 Å². The lowest BCUT2D eigenvalue weighted by atomic mass is 9.97. The summed E-state index contributed by atoms with van der Waals surface area (Å²) in [6, 6.07) is 6.94. The van der Waals surface area contributed by atoms with Gasteiger partial charge in [0, 0.05) is 13.0 Å². The van der Waals surface area contributed by atoms with Crippen LogP contribution < -0.4 is 11.1 Å². The molecule has 0 saturated carbocycles. The predicted molar refractivity (Wildman–Crippen MR) is 198 cm³/mol. The van der Waals surface area contributed by atoms with Crippen LogP contribution >= 0.6 is 7.60 Å². The van der Waals surface area contributed by atoms with E-state index in [1.54, 1.807) is 52.4 Å². The van der Waals surface area contributed by atoms with Crippen molar-refractivity contribution in [1.29, 1.82) is 0 Å². The minimum atomic E-state index is -3.88. The first kappa shape index (κ1) is 43.3. The van der Waals surface area contributed by atoms with E-state index in [0.717, 1.165) is 12.0 Å². The van der Waals surface area contributed by atoms with Crippen LogP contribution in [0.3, 0.4) is 0 Å². The molecule has 0 fully saturated rings. The zero-order chi connectivity index (χ0) is 39.2. The number of hydrogen-bond donors (Lipinski definition) is 2. The third-order valence-electron chi connectivity index (χ3n) is 7.66. The number of nitrogens with two attached hydrogens (primary N) is 1. The van der Waals surface area contributed by atoms with Gasteiger partial charge in [-0.25, -0.2) is 24.5 Å². The van der Waals surface area contributed by atoms with Crippen molar-refractivity contribution in [2.75, 3.05) is 45.1 Å². The lowest BCUT2D eigenvalue weighted by molar-refractivity contribution is -0.148. The van der Waals surface area contributed by atoms with Gasteiger partial charge in [0.2, 0.25) is 0 Å². The van der Waals surface area contributed by atoms with E-state index in [0.29, 0.717) is 23.6 Å². The number of alkyl carbamates (subject to hydrolysis) is 1. The molecule has 3 N–H and O–H groups in total. The molecule has 3 aromatic rings. The Balaban J connectivity index is 1.52. The van der Waals surface area contributed by atoms with Gasteiger partial charge in [-0.05, 0) is 57.1 Å². The first-order valence-corrected chi connectivity index (χ1v) is 19.5. The van der Waals surface area contributed by atoms with Crippen LogP contribution in [-0.2, 0) is 55.1 Å². The van der Waals surface area contributed by atoms with Gasteiger partial charge in [-0.2, -0.15) is 0 Å². The summed E-state index contributed by atoms with van der Waals surface area (Å²) >= 11 is 0. The molecule has 1 amide bonds. The number of amides is 1. The third-order valence-corrected chi connectivity index (χ3v) is 9.31. The molecule has 0 bridgehead atoms. The van der Waals surface area contributed by atoms with Crippen molar-refractivity contribution in [3.05, 3.63) is 48.0 Å². The SMILES string of the molecule is CC(C)Cc1ccc(C(C)C(=O)OCCOP(=O)(COCCn2cnc3c(N)ncnc32)OCCCOC(=O)[C@H](NC(=O)OC(C)(C)C)C(C)C)cc1. The highest BCUT2D eigenvalue weighted by molar-refractivity contribution is 7.53. The molecule has 2 aromatic heterocycles. The number of anilines is 1. The van der Waals surface area contributed by atoms with Crippen molar-refractivity contribution < 1.29 is 46.9 Å². The molecule has 1 aromatic carbocycles. The fourth-order valence-corrected chi connectivity index (χ4v) is 6.30. The zero-order valence-electron chi connectivity index (χ0n) is 32.0. The normalized spacial score (nSPS) is 14.2. The molecule has 294 valence electrons. The van der Waals surface area contributed by atoms with Crippen LogP contribution in [0.4, 0.5) is 10.6 Å². The fraction of sp³-hybridized carbons (Fsp3) is 0.611. The molecule has 0 aliphatic heterocycles. The number of hydrogen-bond acceptors (Lipinski definition) is 14. The molecule has 0 radical (unpaired) electrons. The van der Waals surface area contributed by atoms with Crippen molar-refractivity contribution in [2.45, 2.75) is 92.3 Å². The maximum absolute atomic E-state index is 13.7. The molecule has 0 aliphatic carbocycles. The molecule has 3 rings (SSSR count). The van der Waals surface area contributed by atoms with Crippen molar-refractivity contribution >= 4 is 42.6 Å². The van der Waals surface area contributed by atoms with E-state index in [-0.39, 0.29) is 51.2 Å². The third kappa shape index (κ3) is 14.7. The number of nitrogen functional groups attached to an aromatic ring is 1. The van der Waals surface area contributed by atoms with E-state index in [4.69, 9.17) is 33.7 Å². The summed E-state index contributed by atoms with van der Waals surface area (Å²) in [5, 5.41) is 2.55. The minimum absolute atomic E-state index is 0.0778. The summed E-state index contributed by atoms with van der Waals surface area (Å²) < 4.78 is 48.5. The van der Waals surface area contributed by atoms with Gasteiger partial charge in [-0.3, -0.25) is 9.36 Å². The van der Waals surface area contributed by atoms with E-state index >= 15 is 0 Å². The molecule has 2 unspecified atom stereocenters. The Hall–Kier alpha value is -4.11. The zero-order valence-corrected chi connectivity index (χ0v) is 32.9. The van der Waals surface area contributed by atoms with Gasteiger partial charge < -0.3 is 43.6 Å². The molecule has 17 heteroatoms. The average Bonchev–Trinajstić information content (AvgIpc) is 3.50. The predicted octanol–water partition coefficient (Wildman–Crippen LogP) is 5.64. The minimum Gasteiger partial charge on any atom is -0.464 e. The van der Waals surface area contributed by atoms with Gasteiger partial charge in [0.05, 0.1) is 38.7 Å². The number of aromatic nitrogens is 4. The number of fused-ring (bicyclic) bond motifs is 1. The number of imidazole rings is 1. The summed E-state index contributed by atoms with van der Waals surface area (Å²) in [5.74, 6) is -1.09. The Labute approximate surface area is 311 Å². The molecule has 53 heavy (non-hydrogen) atoms. The molecule has 0 aliphatic rings. The first-order chi connectivity index (χ1) is 25.0. The molecular weight excluding hydrogens is 707 g/mol. The van der Waals surface area contributed by atoms with Gasteiger partial charge in [-0.1, -0.05) is 52.0 Å². The summed E-state index contributed by atoms with van der Waals surface area (Å²) in [4.78, 5) is 50.1. The molecule has 3 atom stereocenters. The monoisotopic (exact) mass is 762 g/mol. The molecule has 2 heterocycles. The highest BCUT2D eigenvalue weighted by Gasteiger charge is 2.29. The van der Waals surface area contributed by atoms with E-state index in [1.807, 2.05) is 24.3 Å². The van der Waals surface area contributed by atoms with Crippen molar-refractivity contribution in [3.63, 3.8) is 0 Å². The van der Waals surface area contributed by atoms with Gasteiger partial charge in [-0.15, -0.1) is 0 Å². The smallest absolute Gasteiger partial charge is 0.408 e. The van der Waals surface area contributed by atoms with Crippen LogP contribution in [0.2, 0.25) is 0 Å². The lowest BCUT2D eigenvalue weighted by Crippen LogP contribution is -2.47. The van der Waals surface area contributed by atoms with E-state index < -0.39 is 49.5 Å². The fourth-order valence-electron chi connectivity index (χ4n) is 4.96. The second-order valence-electron chi connectivity index (χ2n) is 14.3. The first-order valence-electron chi connectivity index (χ1n) is 17.8. The van der Waals surface area contributed by atoms with Crippen LogP contribution in [0.15, 0.2) is 36.9 Å². The largest absolute Gasteiger partial charge is 0.464 e. The number of rotatable bonds is 21. The Kier molecular flexibility index (Phi) is 16.6. The number of carbonyl (C=O) groups is 3. The van der Waals surface area contributed by atoms with E-state index in [1.165, 1.54) is 11.9 Å². The van der Waals surface area contributed by atoms with E-state index in [2.05, 4.69) is 34.1 Å². The van der Waals surface area contributed by atoms with Crippen LogP contribution in [0, 0.1) is 11.8 Å². The number of nitrogens with zero attached hydrogens (tertiary/aromatic N) is 4. The topological polar surface area (TPSA) is 205 Å². The number of carbonyl (C=O) groups excluding carboxylic acids is 3. The Morgan fingerprint density at radius 1 is 0.887 bits per heavy atom. The number of nitrogens with one attached hydrogen (secondary N) is 1. The highest BCUT2D eigenvalue weighted by atomic mass is 31.2. The second kappa shape index (κ2) is 20.4. The second-order valence-corrected chi connectivity index (χ2v) is 16.3. The van der Waals surface area contributed by atoms with Gasteiger partial charge in [0.25, 0.3) is 0 Å². The highest BCUT2D eigenvalue weighted by Crippen LogP contribution is 2.48. The van der Waals surface area contributed by atoms with Crippen molar-refractivity contribution in [2.24, 2.45) is 11.8 Å². The maximum atomic E-state index is 13.7. The summed E-state index contributed by atoms with van der Waals surface area (Å²) in [6.07, 6.45) is 2.87. The summed E-state index contributed by atoms with van der Waals surface area (Å²) in [5.41, 5.74) is 8.13. The van der Waals surface area contributed by atoms with Gasteiger partial charge >= 0.3 is 25.6 Å². The Morgan fingerprint density at radius 2 is 1.57 bits per heavy atom. The number of benzene rings is 1. The van der Waals surface area contributed by atoms with Crippen molar-refractivity contribution in [1.82, 2.24) is 24.8 Å². The standard InChI is InChI=1S/C36H55N6O10P/c1-24(2)20-27-10-12-28(13-11-27)26(5)33(43)49-18-19-51-53(46,23-47-17-14-42-22-40-30-31(37)38-21-39-32(30)42)50-16-9-15-48-34(44)29(25(3)4)41-35(45)52-36(6,7)8/h10-13,21-22,24-26,29H,9,14-20,23H2,1-8H3,(H,41,45)(H2,37,38,39)/t26?,29-,53?/m1/s1. The van der Waals surface area contributed by atoms with Gasteiger partial charge in [0.1, 0.15) is 36.4 Å². The van der Waals surface area contributed by atoms with Gasteiger partial charge in [0.15, 0.2) is 11.5 Å². The van der Waals surface area contributed by atoms with Crippen molar-refractivity contribution in [3.8, 4) is 0 Å². The quantitative estimate of drug-likeness (QED) is 0.0584. The maximum Gasteiger partial charge on any atom is 0.408 e. The Bertz CT molecular complexity index is 1680. The molecular formula is C36H55N6O10P. The van der Waals surface area contributed by atoms with Crippen LogP contribution in [0.5, 0.6) is 0 Å². The molecule has 0 spiro atoms. The average molecular weight is 763 g/mol. The number of esters is 2. The summed E-state index contributed by atoms with van der Waals surface area (Å²) in [6.45, 7) is 14.6. The van der Waals surface area contributed by atoms with Crippen LogP contribution in [0.25, 0.3) is 11.2 Å². The number of ether oxygens (including phenoxy) is 4. The summed E-state index contributed by atoms with van der Waals surface area (Å²) in [7, 11) is -3.88. The molecule has 16 nitrogen and oxygen atoms in total. The Morgan fingerprint density at radius 3 is 2.23 bits per heavy atom. The van der Waals surface area contributed by atoms with Crippen LogP contribution in [0.1, 0.15) is 78.9 Å². The van der Waals surface area contributed by atoms with Crippen LogP contribution in [-0.4, -0.2) is 88.6 Å².